The highest BCUT2D eigenvalue weighted by Crippen LogP contribution is 2.29. The van der Waals surface area contributed by atoms with Crippen molar-refractivity contribution < 1.29 is 27.6 Å². The summed E-state index contributed by atoms with van der Waals surface area (Å²) in [6.07, 6.45) is 1.43. The topological polar surface area (TPSA) is 141 Å². The third-order valence-electron chi connectivity index (χ3n) is 4.62. The summed E-state index contributed by atoms with van der Waals surface area (Å²) in [7, 11) is 0.437. The lowest BCUT2D eigenvalue weighted by Crippen LogP contribution is -2.13. The molecule has 11 nitrogen and oxygen atoms in total. The third kappa shape index (κ3) is 5.72. The van der Waals surface area contributed by atoms with Gasteiger partial charge in [0.15, 0.2) is 11.5 Å². The Bertz CT molecular complexity index is 1310. The van der Waals surface area contributed by atoms with Crippen molar-refractivity contribution in [1.29, 1.82) is 0 Å². The maximum absolute atomic E-state index is 12.7. The third-order valence-corrected chi connectivity index (χ3v) is 6.00. The number of ether oxygens (including phenoxy) is 3. The van der Waals surface area contributed by atoms with E-state index >= 15 is 0 Å². The number of hydrogen-bond donors (Lipinski definition) is 2. The maximum Gasteiger partial charge on any atom is 0.295 e. The SMILES string of the molecule is COc1ccc(NS(=O)(=O)c2ccc(N/N=C\c3ccc(OC)c(OC)c3)c([N+](=O)[O-])c2)cc1. The highest BCUT2D eigenvalue weighted by molar-refractivity contribution is 7.92. The summed E-state index contributed by atoms with van der Waals surface area (Å²) >= 11 is 0. The van der Waals surface area contributed by atoms with E-state index in [4.69, 9.17) is 14.2 Å². The van der Waals surface area contributed by atoms with Gasteiger partial charge in [-0.2, -0.15) is 5.10 Å². The Morgan fingerprint density at radius 1 is 0.912 bits per heavy atom. The molecule has 0 bridgehead atoms. The van der Waals surface area contributed by atoms with E-state index in [9.17, 15) is 18.5 Å². The molecule has 0 aliphatic heterocycles. The zero-order chi connectivity index (χ0) is 24.7. The summed E-state index contributed by atoms with van der Waals surface area (Å²) in [6, 6.07) is 14.8. The van der Waals surface area contributed by atoms with Crippen LogP contribution < -0.4 is 24.4 Å². The van der Waals surface area contributed by atoms with Crippen molar-refractivity contribution in [2.45, 2.75) is 4.90 Å². The van der Waals surface area contributed by atoms with Gasteiger partial charge in [0.2, 0.25) is 0 Å². The van der Waals surface area contributed by atoms with E-state index in [2.05, 4.69) is 15.2 Å². The van der Waals surface area contributed by atoms with Gasteiger partial charge < -0.3 is 14.2 Å². The van der Waals surface area contributed by atoms with E-state index in [0.717, 1.165) is 6.07 Å². The summed E-state index contributed by atoms with van der Waals surface area (Å²) in [5, 5.41) is 15.6. The molecule has 2 N–H and O–H groups in total. The minimum atomic E-state index is -4.07. The Balaban J connectivity index is 1.81. The molecule has 0 saturated carbocycles. The zero-order valence-electron chi connectivity index (χ0n) is 18.5. The highest BCUT2D eigenvalue weighted by Gasteiger charge is 2.21. The van der Waals surface area contributed by atoms with Crippen LogP contribution in [-0.4, -0.2) is 40.9 Å². The summed E-state index contributed by atoms with van der Waals surface area (Å²) in [6.45, 7) is 0. The van der Waals surface area contributed by atoms with Crippen LogP contribution in [0.15, 0.2) is 70.7 Å². The molecule has 0 aliphatic carbocycles. The number of nitrogens with one attached hydrogen (secondary N) is 2. The lowest BCUT2D eigenvalue weighted by atomic mass is 10.2. The van der Waals surface area contributed by atoms with Gasteiger partial charge in [0.1, 0.15) is 11.4 Å². The molecule has 0 atom stereocenters. The first-order valence-corrected chi connectivity index (χ1v) is 11.2. The van der Waals surface area contributed by atoms with E-state index in [1.165, 1.54) is 51.8 Å². The molecular weight excluding hydrogens is 464 g/mol. The molecular formula is C22H22N4O7S. The van der Waals surface area contributed by atoms with Crippen molar-refractivity contribution >= 4 is 33.3 Å². The smallest absolute Gasteiger partial charge is 0.295 e. The second kappa shape index (κ2) is 10.5. The van der Waals surface area contributed by atoms with Crippen LogP contribution in [0.5, 0.6) is 17.2 Å². The van der Waals surface area contributed by atoms with Crippen LogP contribution in [0.3, 0.4) is 0 Å². The van der Waals surface area contributed by atoms with Crippen molar-refractivity contribution in [3.05, 3.63) is 76.3 Å². The van der Waals surface area contributed by atoms with Crippen molar-refractivity contribution in [2.24, 2.45) is 5.10 Å². The first kappa shape index (κ1) is 24.3. The molecule has 3 aromatic rings. The summed E-state index contributed by atoms with van der Waals surface area (Å²) in [4.78, 5) is 10.6. The predicted octanol–water partition coefficient (Wildman–Crippen LogP) is 3.87. The molecule has 12 heteroatoms. The molecule has 0 heterocycles. The average molecular weight is 487 g/mol. The fourth-order valence-electron chi connectivity index (χ4n) is 2.91. The van der Waals surface area contributed by atoms with Gasteiger partial charge in [0.25, 0.3) is 15.7 Å². The second-order valence-electron chi connectivity index (χ2n) is 6.75. The van der Waals surface area contributed by atoms with Gasteiger partial charge in [-0.15, -0.1) is 0 Å². The molecule has 34 heavy (non-hydrogen) atoms. The van der Waals surface area contributed by atoms with Gasteiger partial charge in [0.05, 0.1) is 37.4 Å². The first-order valence-electron chi connectivity index (χ1n) is 9.74. The van der Waals surface area contributed by atoms with Crippen molar-refractivity contribution in [1.82, 2.24) is 0 Å². The minimum absolute atomic E-state index is 0.0186. The number of hydrazone groups is 1. The summed E-state index contributed by atoms with van der Waals surface area (Å²) in [5.74, 6) is 1.60. The van der Waals surface area contributed by atoms with Crippen molar-refractivity contribution in [3.63, 3.8) is 0 Å². The Kier molecular flexibility index (Phi) is 7.53. The number of methoxy groups -OCH3 is 3. The fourth-order valence-corrected chi connectivity index (χ4v) is 3.99. The minimum Gasteiger partial charge on any atom is -0.497 e. The lowest BCUT2D eigenvalue weighted by Gasteiger charge is -2.10. The lowest BCUT2D eigenvalue weighted by molar-refractivity contribution is -0.384. The Labute approximate surface area is 196 Å². The quantitative estimate of drug-likeness (QED) is 0.250. The Morgan fingerprint density at radius 3 is 2.24 bits per heavy atom. The number of hydrogen-bond acceptors (Lipinski definition) is 9. The zero-order valence-corrected chi connectivity index (χ0v) is 19.3. The van der Waals surface area contributed by atoms with Crippen LogP contribution in [0.1, 0.15) is 5.56 Å². The molecule has 0 saturated heterocycles. The van der Waals surface area contributed by atoms with Crippen molar-refractivity contribution in [2.75, 3.05) is 31.5 Å². The van der Waals surface area contributed by atoms with E-state index in [1.54, 1.807) is 30.3 Å². The predicted molar refractivity (Wildman–Crippen MR) is 128 cm³/mol. The monoisotopic (exact) mass is 486 g/mol. The number of benzene rings is 3. The highest BCUT2D eigenvalue weighted by atomic mass is 32.2. The van der Waals surface area contributed by atoms with Gasteiger partial charge in [-0.05, 0) is 60.2 Å². The first-order chi connectivity index (χ1) is 16.3. The van der Waals surface area contributed by atoms with E-state index < -0.39 is 20.6 Å². The van der Waals surface area contributed by atoms with Crippen molar-refractivity contribution in [3.8, 4) is 17.2 Å². The van der Waals surface area contributed by atoms with Gasteiger partial charge in [-0.1, -0.05) is 0 Å². The molecule has 3 aromatic carbocycles. The van der Waals surface area contributed by atoms with Crippen LogP contribution in [-0.2, 0) is 10.0 Å². The fraction of sp³-hybridized carbons (Fsp3) is 0.136. The van der Waals surface area contributed by atoms with Crippen LogP contribution in [0.2, 0.25) is 0 Å². The van der Waals surface area contributed by atoms with Gasteiger partial charge >= 0.3 is 0 Å². The average Bonchev–Trinajstić information content (AvgIpc) is 2.84. The molecule has 0 aliphatic rings. The summed E-state index contributed by atoms with van der Waals surface area (Å²) < 4.78 is 43.3. The number of nitro groups is 1. The maximum atomic E-state index is 12.7. The normalized spacial score (nSPS) is 11.1. The number of sulfonamides is 1. The molecule has 0 amide bonds. The second-order valence-corrected chi connectivity index (χ2v) is 8.44. The standard InChI is InChI=1S/C22H22N4O7S/c1-31-17-7-5-16(6-8-17)25-34(29,30)18-9-10-19(20(13-18)26(27)28)24-23-14-15-4-11-21(32-2)22(12-15)33-3/h4-14,24-25H,1-3H3/b23-14-. The molecule has 178 valence electrons. The Morgan fingerprint density at radius 2 is 1.62 bits per heavy atom. The van der Waals surface area contributed by atoms with Crippen LogP contribution in [0.25, 0.3) is 0 Å². The van der Waals surface area contributed by atoms with Gasteiger partial charge in [-0.3, -0.25) is 20.3 Å². The number of rotatable bonds is 10. The largest absolute Gasteiger partial charge is 0.497 e. The van der Waals surface area contributed by atoms with E-state index in [1.807, 2.05) is 0 Å². The van der Waals surface area contributed by atoms with Gasteiger partial charge in [-0.25, -0.2) is 8.42 Å². The number of nitrogens with zero attached hydrogens (tertiary/aromatic N) is 2. The molecule has 0 fully saturated rings. The van der Waals surface area contributed by atoms with Crippen LogP contribution in [0.4, 0.5) is 17.1 Å². The summed E-state index contributed by atoms with van der Waals surface area (Å²) in [5.41, 5.74) is 3.07. The number of nitro benzene ring substituents is 1. The van der Waals surface area contributed by atoms with E-state index in [0.29, 0.717) is 22.8 Å². The van der Waals surface area contributed by atoms with Crippen LogP contribution in [0, 0.1) is 10.1 Å². The number of anilines is 2. The molecule has 0 spiro atoms. The molecule has 0 aromatic heterocycles. The molecule has 0 radical (unpaired) electrons. The Hall–Kier alpha value is -4.32. The molecule has 0 unspecified atom stereocenters. The van der Waals surface area contributed by atoms with E-state index in [-0.39, 0.29) is 16.3 Å². The van der Waals surface area contributed by atoms with Gasteiger partial charge in [0, 0.05) is 11.8 Å². The van der Waals surface area contributed by atoms with Crippen LogP contribution >= 0.6 is 0 Å². The molecule has 3 rings (SSSR count).